The van der Waals surface area contributed by atoms with Crippen molar-refractivity contribution in [1.82, 2.24) is 5.48 Å². The summed E-state index contributed by atoms with van der Waals surface area (Å²) in [6, 6.07) is 3.00. The van der Waals surface area contributed by atoms with E-state index in [0.717, 1.165) is 12.1 Å². The molecule has 0 aliphatic carbocycles. The molecule has 0 amide bonds. The third-order valence-corrected chi connectivity index (χ3v) is 1.60. The van der Waals surface area contributed by atoms with Crippen molar-refractivity contribution >= 4 is 0 Å². The van der Waals surface area contributed by atoms with Crippen LogP contribution in [-0.4, -0.2) is 12.8 Å². The van der Waals surface area contributed by atoms with Gasteiger partial charge in [0, 0.05) is 6.54 Å². The summed E-state index contributed by atoms with van der Waals surface area (Å²) in [6.45, 7) is -1.59. The molecule has 7 heteroatoms. The number of hydrogen-bond donors (Lipinski definition) is 1. The quantitative estimate of drug-likeness (QED) is 0.497. The van der Waals surface area contributed by atoms with Gasteiger partial charge in [0.15, 0.2) is 18.2 Å². The zero-order chi connectivity index (χ0) is 12.2. The Balaban J connectivity index is 2.35. The first kappa shape index (κ1) is 12.9. The van der Waals surface area contributed by atoms with Crippen molar-refractivity contribution in [3.63, 3.8) is 0 Å². The van der Waals surface area contributed by atoms with Gasteiger partial charge in [0.05, 0.1) is 0 Å². The molecule has 90 valence electrons. The van der Waals surface area contributed by atoms with Crippen LogP contribution in [0.3, 0.4) is 0 Å². The van der Waals surface area contributed by atoms with Crippen molar-refractivity contribution in [2.45, 2.75) is 12.7 Å². The van der Waals surface area contributed by atoms with E-state index in [2.05, 4.69) is 4.84 Å². The Morgan fingerprint density at radius 3 is 2.38 bits per heavy atom. The summed E-state index contributed by atoms with van der Waals surface area (Å²) in [5, 5.41) is 0. The highest BCUT2D eigenvalue weighted by molar-refractivity contribution is 5.17. The molecule has 1 rings (SSSR count). The van der Waals surface area contributed by atoms with Crippen molar-refractivity contribution in [3.05, 3.63) is 35.4 Å². The average molecular weight is 241 g/mol. The second kappa shape index (κ2) is 5.22. The fraction of sp³-hybridized carbons (Fsp3) is 0.333. The van der Waals surface area contributed by atoms with Gasteiger partial charge in [0.25, 0.3) is 0 Å². The first-order valence-electron chi connectivity index (χ1n) is 4.24. The van der Waals surface area contributed by atoms with Gasteiger partial charge in [-0.3, -0.25) is 4.84 Å². The van der Waals surface area contributed by atoms with E-state index in [1.807, 2.05) is 5.48 Å². The summed E-state index contributed by atoms with van der Waals surface area (Å²) < 4.78 is 60.0. The molecule has 0 atom stereocenters. The molecule has 0 aliphatic rings. The number of benzene rings is 1. The summed E-state index contributed by atoms with van der Waals surface area (Å²) in [4.78, 5) is 4.08. The Hall–Kier alpha value is -1.21. The predicted octanol–water partition coefficient (Wildman–Crippen LogP) is 2.55. The Bertz CT molecular complexity index is 352. The molecule has 0 unspecified atom stereocenters. The van der Waals surface area contributed by atoms with Gasteiger partial charge in [0.2, 0.25) is 0 Å². The number of halogens is 5. The van der Waals surface area contributed by atoms with Gasteiger partial charge in [-0.25, -0.2) is 8.78 Å². The van der Waals surface area contributed by atoms with Gasteiger partial charge in [0.1, 0.15) is 0 Å². The maximum atomic E-state index is 12.7. The number of rotatable bonds is 4. The number of hydrogen-bond acceptors (Lipinski definition) is 2. The Morgan fingerprint density at radius 2 is 1.81 bits per heavy atom. The topological polar surface area (TPSA) is 21.3 Å². The van der Waals surface area contributed by atoms with Crippen LogP contribution in [0.5, 0.6) is 0 Å². The Morgan fingerprint density at radius 1 is 1.12 bits per heavy atom. The minimum absolute atomic E-state index is 0.146. The molecule has 0 aliphatic heterocycles. The third kappa shape index (κ3) is 4.54. The average Bonchev–Trinajstić information content (AvgIpc) is 2.17. The van der Waals surface area contributed by atoms with Gasteiger partial charge in [-0.15, -0.1) is 0 Å². The lowest BCUT2D eigenvalue weighted by atomic mass is 10.2. The zero-order valence-corrected chi connectivity index (χ0v) is 7.94. The molecule has 2 nitrogen and oxygen atoms in total. The van der Waals surface area contributed by atoms with Crippen LogP contribution in [0, 0.1) is 11.6 Å². The van der Waals surface area contributed by atoms with Crippen LogP contribution in [0.1, 0.15) is 5.56 Å². The molecule has 0 fully saturated rings. The minimum atomic E-state index is -4.43. The fourth-order valence-electron chi connectivity index (χ4n) is 0.917. The van der Waals surface area contributed by atoms with Crippen LogP contribution in [0.4, 0.5) is 22.0 Å². The van der Waals surface area contributed by atoms with Crippen molar-refractivity contribution < 1.29 is 26.8 Å². The molecule has 0 aromatic heterocycles. The molecular formula is C9H8F5NO. The van der Waals surface area contributed by atoms with Crippen LogP contribution >= 0.6 is 0 Å². The largest absolute Gasteiger partial charge is 0.413 e. The number of hydroxylamine groups is 1. The lowest BCUT2D eigenvalue weighted by Gasteiger charge is -2.08. The van der Waals surface area contributed by atoms with Gasteiger partial charge >= 0.3 is 6.18 Å². The second-order valence-electron chi connectivity index (χ2n) is 2.97. The highest BCUT2D eigenvalue weighted by atomic mass is 19.4. The maximum absolute atomic E-state index is 12.7. The van der Waals surface area contributed by atoms with Gasteiger partial charge < -0.3 is 0 Å². The van der Waals surface area contributed by atoms with E-state index in [4.69, 9.17) is 0 Å². The molecule has 0 bridgehead atoms. The first-order chi connectivity index (χ1) is 7.38. The molecule has 1 aromatic rings. The highest BCUT2D eigenvalue weighted by Gasteiger charge is 2.27. The van der Waals surface area contributed by atoms with Gasteiger partial charge in [-0.05, 0) is 17.7 Å². The summed E-state index contributed by atoms with van der Waals surface area (Å²) in [5.74, 6) is -2.07. The highest BCUT2D eigenvalue weighted by Crippen LogP contribution is 2.14. The minimum Gasteiger partial charge on any atom is -0.292 e. The van der Waals surface area contributed by atoms with E-state index >= 15 is 0 Å². The molecule has 0 spiro atoms. The maximum Gasteiger partial charge on any atom is 0.413 e. The molecule has 1 aromatic carbocycles. The lowest BCUT2D eigenvalue weighted by molar-refractivity contribution is -0.190. The molecular weight excluding hydrogens is 233 g/mol. The standard InChI is InChI=1S/C9H8F5NO/c10-7-2-1-6(3-8(7)11)4-15-16-5-9(12,13)14/h1-3,15H,4-5H2. The Kier molecular flexibility index (Phi) is 4.19. The zero-order valence-electron chi connectivity index (χ0n) is 7.94. The molecule has 1 N–H and O–H groups in total. The van der Waals surface area contributed by atoms with E-state index in [1.165, 1.54) is 6.07 Å². The summed E-state index contributed by atoms with van der Waals surface area (Å²) in [5.41, 5.74) is 2.27. The van der Waals surface area contributed by atoms with Crippen molar-refractivity contribution in [2.75, 3.05) is 6.61 Å². The molecule has 0 heterocycles. The normalized spacial score (nSPS) is 11.8. The number of alkyl halides is 3. The van der Waals surface area contributed by atoms with Crippen LogP contribution in [-0.2, 0) is 11.4 Å². The second-order valence-corrected chi connectivity index (χ2v) is 2.97. The predicted molar refractivity (Wildman–Crippen MR) is 45.2 cm³/mol. The smallest absolute Gasteiger partial charge is 0.292 e. The fourth-order valence-corrected chi connectivity index (χ4v) is 0.917. The van der Waals surface area contributed by atoms with E-state index in [-0.39, 0.29) is 12.1 Å². The van der Waals surface area contributed by atoms with Crippen LogP contribution in [0.25, 0.3) is 0 Å². The van der Waals surface area contributed by atoms with E-state index < -0.39 is 24.4 Å². The third-order valence-electron chi connectivity index (χ3n) is 1.60. The molecule has 0 saturated heterocycles. The number of nitrogens with one attached hydrogen (secondary N) is 1. The molecule has 0 saturated carbocycles. The monoisotopic (exact) mass is 241 g/mol. The van der Waals surface area contributed by atoms with Crippen LogP contribution in [0.15, 0.2) is 18.2 Å². The molecule has 0 radical (unpaired) electrons. The van der Waals surface area contributed by atoms with Gasteiger partial charge in [-0.2, -0.15) is 18.7 Å². The lowest BCUT2D eigenvalue weighted by Crippen LogP contribution is -2.24. The van der Waals surface area contributed by atoms with Crippen LogP contribution in [0.2, 0.25) is 0 Å². The van der Waals surface area contributed by atoms with Crippen LogP contribution < -0.4 is 5.48 Å². The van der Waals surface area contributed by atoms with E-state index in [0.29, 0.717) is 0 Å². The summed E-state index contributed by atoms with van der Waals surface area (Å²) >= 11 is 0. The van der Waals surface area contributed by atoms with Gasteiger partial charge in [-0.1, -0.05) is 6.07 Å². The van der Waals surface area contributed by atoms with E-state index in [1.54, 1.807) is 0 Å². The summed E-state index contributed by atoms with van der Waals surface area (Å²) in [6.07, 6.45) is -4.43. The SMILES string of the molecule is Fc1ccc(CNOCC(F)(F)F)cc1F. The Labute approximate surface area is 88.0 Å². The first-order valence-corrected chi connectivity index (χ1v) is 4.24. The van der Waals surface area contributed by atoms with E-state index in [9.17, 15) is 22.0 Å². The molecule has 16 heavy (non-hydrogen) atoms. The van der Waals surface area contributed by atoms with Crippen molar-refractivity contribution in [3.8, 4) is 0 Å². The van der Waals surface area contributed by atoms with Crippen molar-refractivity contribution in [2.24, 2.45) is 0 Å². The van der Waals surface area contributed by atoms with Crippen molar-refractivity contribution in [1.29, 1.82) is 0 Å². The summed E-state index contributed by atoms with van der Waals surface area (Å²) in [7, 11) is 0.